The van der Waals surface area contributed by atoms with Crippen molar-refractivity contribution >= 4 is 82.6 Å². The van der Waals surface area contributed by atoms with Gasteiger partial charge in [0.2, 0.25) is 0 Å². The number of aromatic nitrogens is 2. The quantitative estimate of drug-likeness (QED) is 0.167. The lowest BCUT2D eigenvalue weighted by Crippen LogP contribution is -2.16. The highest BCUT2D eigenvalue weighted by Gasteiger charge is 2.36. The monoisotopic (exact) mass is 857 g/mol. The van der Waals surface area contributed by atoms with Crippen LogP contribution < -0.4 is 4.90 Å². The maximum Gasteiger partial charge on any atom is 0.135 e. The fraction of sp³-hybridized carbons (Fsp3) is 0.0476. The summed E-state index contributed by atoms with van der Waals surface area (Å²) >= 11 is 0. The van der Waals surface area contributed by atoms with Gasteiger partial charge < -0.3 is 18.5 Å². The Balaban J connectivity index is 0.883. The molecule has 0 saturated carbocycles. The van der Waals surface area contributed by atoms with Crippen molar-refractivity contribution in [2.45, 2.75) is 19.3 Å². The van der Waals surface area contributed by atoms with Crippen LogP contribution in [0.1, 0.15) is 25.0 Å². The van der Waals surface area contributed by atoms with Crippen molar-refractivity contribution in [1.82, 2.24) is 9.13 Å². The average Bonchev–Trinajstić information content (AvgIpc) is 4.09. The van der Waals surface area contributed by atoms with Gasteiger partial charge in [0.15, 0.2) is 0 Å². The van der Waals surface area contributed by atoms with Crippen molar-refractivity contribution in [3.63, 3.8) is 0 Å². The van der Waals surface area contributed by atoms with Gasteiger partial charge in [-0.05, 0) is 143 Å². The van der Waals surface area contributed by atoms with Crippen LogP contribution in [-0.2, 0) is 5.41 Å². The Morgan fingerprint density at radius 2 is 0.821 bits per heavy atom. The van der Waals surface area contributed by atoms with E-state index in [2.05, 4.69) is 246 Å². The lowest BCUT2D eigenvalue weighted by Gasteiger charge is -2.28. The summed E-state index contributed by atoms with van der Waals surface area (Å²) in [6.45, 7) is 4.77. The molecule has 10 aromatic carbocycles. The second-order valence-electron chi connectivity index (χ2n) is 18.5. The van der Waals surface area contributed by atoms with E-state index in [1.165, 1.54) is 82.7 Å². The molecule has 0 fully saturated rings. The maximum absolute atomic E-state index is 6.33. The van der Waals surface area contributed by atoms with Gasteiger partial charge in [0.1, 0.15) is 11.2 Å². The Morgan fingerprint density at radius 1 is 0.343 bits per heavy atom. The fourth-order valence-corrected chi connectivity index (χ4v) is 11.3. The molecule has 14 rings (SSSR count). The normalized spacial score (nSPS) is 13.0. The predicted molar refractivity (Wildman–Crippen MR) is 280 cm³/mol. The first kappa shape index (κ1) is 37.7. The number of nitrogens with zero attached hydrogens (tertiary/aromatic N) is 3. The standard InChI is InChI=1S/C63H43N3O/c1-63(2)55-37-41(40-25-34-60-53(36-40)51-18-8-12-22-59(51)65(60)42-14-4-3-5-15-42)24-32-47(55)48-33-30-46(39-56(48)63)64(45-31-35-62-54(38-45)52-19-9-13-23-61(52)67-62)43-26-28-44(29-27-43)66-57-20-10-6-16-49(57)50-17-7-11-21-58(50)66/h3-39H,1-2H3. The van der Waals surface area contributed by atoms with Crippen molar-refractivity contribution < 1.29 is 4.42 Å². The predicted octanol–water partition coefficient (Wildman–Crippen LogP) is 17.2. The molecule has 1 aliphatic carbocycles. The van der Waals surface area contributed by atoms with Crippen LogP contribution in [-0.4, -0.2) is 9.13 Å². The molecule has 316 valence electrons. The van der Waals surface area contributed by atoms with Gasteiger partial charge in [-0.3, -0.25) is 0 Å². The summed E-state index contributed by atoms with van der Waals surface area (Å²) in [6, 6.07) is 82.0. The first-order valence-electron chi connectivity index (χ1n) is 23.2. The summed E-state index contributed by atoms with van der Waals surface area (Å²) in [6.07, 6.45) is 0. The van der Waals surface area contributed by atoms with E-state index in [4.69, 9.17) is 4.42 Å². The van der Waals surface area contributed by atoms with Gasteiger partial charge in [-0.2, -0.15) is 0 Å². The molecule has 0 spiro atoms. The van der Waals surface area contributed by atoms with Crippen molar-refractivity contribution in [2.75, 3.05) is 4.90 Å². The number of para-hydroxylation sites is 5. The van der Waals surface area contributed by atoms with Crippen LogP contribution in [0.5, 0.6) is 0 Å². The summed E-state index contributed by atoms with van der Waals surface area (Å²) in [5.74, 6) is 0. The van der Waals surface area contributed by atoms with Crippen molar-refractivity contribution in [2.24, 2.45) is 0 Å². The summed E-state index contributed by atoms with van der Waals surface area (Å²) in [5.41, 5.74) is 19.6. The van der Waals surface area contributed by atoms with E-state index in [1.54, 1.807) is 0 Å². The number of benzene rings is 10. The van der Waals surface area contributed by atoms with Gasteiger partial charge >= 0.3 is 0 Å². The zero-order valence-electron chi connectivity index (χ0n) is 37.1. The van der Waals surface area contributed by atoms with Gasteiger partial charge in [-0.1, -0.05) is 129 Å². The van der Waals surface area contributed by atoms with Crippen molar-refractivity contribution in [3.05, 3.63) is 236 Å². The minimum atomic E-state index is -0.249. The highest BCUT2D eigenvalue weighted by molar-refractivity contribution is 6.11. The van der Waals surface area contributed by atoms with Crippen LogP contribution in [0.2, 0.25) is 0 Å². The number of fused-ring (bicyclic) bond motifs is 12. The number of rotatable bonds is 6. The number of anilines is 3. The summed E-state index contributed by atoms with van der Waals surface area (Å²) in [5, 5.41) is 7.25. The molecule has 13 aromatic rings. The van der Waals surface area contributed by atoms with Gasteiger partial charge in [0.25, 0.3) is 0 Å². The van der Waals surface area contributed by atoms with Crippen molar-refractivity contribution in [3.8, 4) is 33.6 Å². The average molecular weight is 858 g/mol. The minimum absolute atomic E-state index is 0.249. The van der Waals surface area contributed by atoms with Gasteiger partial charge in [-0.25, -0.2) is 0 Å². The lowest BCUT2D eigenvalue weighted by molar-refractivity contribution is 0.660. The summed E-state index contributed by atoms with van der Waals surface area (Å²) in [4.78, 5) is 2.41. The van der Waals surface area contributed by atoms with Crippen LogP contribution in [0.3, 0.4) is 0 Å². The smallest absolute Gasteiger partial charge is 0.135 e. The van der Waals surface area contributed by atoms with E-state index in [0.717, 1.165) is 44.7 Å². The highest BCUT2D eigenvalue weighted by atomic mass is 16.3. The largest absolute Gasteiger partial charge is 0.456 e. The molecule has 4 nitrogen and oxygen atoms in total. The Bertz CT molecular complexity index is 4080. The molecule has 0 radical (unpaired) electrons. The molecule has 1 aliphatic rings. The van der Waals surface area contributed by atoms with E-state index >= 15 is 0 Å². The van der Waals surface area contributed by atoms with Crippen LogP contribution >= 0.6 is 0 Å². The minimum Gasteiger partial charge on any atom is -0.456 e. The maximum atomic E-state index is 6.33. The van der Waals surface area contributed by atoms with E-state index in [0.29, 0.717) is 0 Å². The second-order valence-corrected chi connectivity index (χ2v) is 18.5. The van der Waals surface area contributed by atoms with Gasteiger partial charge in [-0.15, -0.1) is 0 Å². The van der Waals surface area contributed by atoms with E-state index in [-0.39, 0.29) is 5.41 Å². The number of hydrogen-bond donors (Lipinski definition) is 0. The first-order chi connectivity index (χ1) is 33.0. The molecule has 0 amide bonds. The Labute approximate surface area is 387 Å². The summed E-state index contributed by atoms with van der Waals surface area (Å²) in [7, 11) is 0. The molecule has 4 heteroatoms. The van der Waals surface area contributed by atoms with Gasteiger partial charge in [0, 0.05) is 66.2 Å². The fourth-order valence-electron chi connectivity index (χ4n) is 11.3. The van der Waals surface area contributed by atoms with E-state index < -0.39 is 0 Å². The highest BCUT2D eigenvalue weighted by Crippen LogP contribution is 2.52. The molecule has 3 aromatic heterocycles. The zero-order chi connectivity index (χ0) is 44.4. The van der Waals surface area contributed by atoms with E-state index in [9.17, 15) is 0 Å². The molecule has 0 aliphatic heterocycles. The molecule has 0 bridgehead atoms. The molecule has 0 N–H and O–H groups in total. The Kier molecular flexibility index (Phi) is 8.00. The lowest BCUT2D eigenvalue weighted by atomic mass is 9.81. The van der Waals surface area contributed by atoms with Crippen molar-refractivity contribution in [1.29, 1.82) is 0 Å². The number of hydrogen-bond acceptors (Lipinski definition) is 2. The number of furan rings is 1. The molecule has 0 unspecified atom stereocenters. The third-order valence-electron chi connectivity index (χ3n) is 14.5. The first-order valence-corrected chi connectivity index (χ1v) is 23.2. The Morgan fingerprint density at radius 3 is 1.52 bits per heavy atom. The van der Waals surface area contributed by atoms with Crippen LogP contribution in [0.25, 0.3) is 99.2 Å². The molecule has 0 saturated heterocycles. The zero-order valence-corrected chi connectivity index (χ0v) is 37.1. The molecule has 3 heterocycles. The molecular formula is C63H43N3O. The molecular weight excluding hydrogens is 815 g/mol. The third-order valence-corrected chi connectivity index (χ3v) is 14.5. The topological polar surface area (TPSA) is 26.2 Å². The molecule has 0 atom stereocenters. The second kappa shape index (κ2) is 14.2. The third kappa shape index (κ3) is 5.60. The molecule has 67 heavy (non-hydrogen) atoms. The van der Waals surface area contributed by atoms with Crippen LogP contribution in [0.15, 0.2) is 229 Å². The Hall–Kier alpha value is -8.60. The summed E-state index contributed by atoms with van der Waals surface area (Å²) < 4.78 is 11.1. The van der Waals surface area contributed by atoms with Gasteiger partial charge in [0.05, 0.1) is 22.1 Å². The SMILES string of the molecule is CC1(C)c2cc(-c3ccc4c(c3)c3ccccc3n4-c3ccccc3)ccc2-c2ccc(N(c3ccc(-n4c5ccccc5c5ccccc54)cc3)c3ccc4oc5ccccc5c4c3)cc21. The van der Waals surface area contributed by atoms with Crippen LogP contribution in [0.4, 0.5) is 17.1 Å². The van der Waals surface area contributed by atoms with E-state index in [1.807, 2.05) is 6.07 Å². The van der Waals surface area contributed by atoms with Crippen LogP contribution in [0, 0.1) is 0 Å².